The molecule has 0 aliphatic heterocycles. The Labute approximate surface area is 132 Å². The van der Waals surface area contributed by atoms with Gasteiger partial charge in [0.2, 0.25) is 0 Å². The number of rotatable bonds is 5. The quantitative estimate of drug-likeness (QED) is 0.634. The zero-order valence-corrected chi connectivity index (χ0v) is 14.0. The van der Waals surface area contributed by atoms with Crippen molar-refractivity contribution >= 4 is 38.8 Å². The molecule has 1 aromatic heterocycles. The predicted molar refractivity (Wildman–Crippen MR) is 91.0 cm³/mol. The van der Waals surface area contributed by atoms with Crippen LogP contribution in [0.3, 0.4) is 0 Å². The third-order valence-corrected chi connectivity index (χ3v) is 4.76. The largest absolute Gasteiger partial charge is 0.384 e. The molecule has 0 spiro atoms. The van der Waals surface area contributed by atoms with Gasteiger partial charge in [-0.1, -0.05) is 22.0 Å². The van der Waals surface area contributed by atoms with Crippen LogP contribution in [-0.2, 0) is 6.42 Å². The number of nitrogens with one attached hydrogen (secondary N) is 1. The number of hydrogen-bond acceptors (Lipinski definition) is 3. The third kappa shape index (κ3) is 3.41. The summed E-state index contributed by atoms with van der Waals surface area (Å²) in [4.78, 5) is 3.55. The average molecular weight is 352 g/mol. The summed E-state index contributed by atoms with van der Waals surface area (Å²) in [5.74, 6) is 0.0940. The van der Waals surface area contributed by atoms with Gasteiger partial charge in [-0.25, -0.2) is 0 Å². The summed E-state index contributed by atoms with van der Waals surface area (Å²) >= 11 is 5.21. The molecule has 1 atom stereocenters. The molecule has 2 aromatic rings. The van der Waals surface area contributed by atoms with Crippen molar-refractivity contribution < 1.29 is 0 Å². The minimum absolute atomic E-state index is 0.0940. The molecule has 0 fully saturated rings. The van der Waals surface area contributed by atoms with E-state index in [0.717, 1.165) is 22.1 Å². The van der Waals surface area contributed by atoms with Gasteiger partial charge in [0, 0.05) is 40.1 Å². The van der Waals surface area contributed by atoms with Gasteiger partial charge < -0.3 is 10.6 Å². The fourth-order valence-electron chi connectivity index (χ4n) is 2.13. The molecular weight excluding hydrogens is 334 g/mol. The van der Waals surface area contributed by atoms with Gasteiger partial charge in [0.25, 0.3) is 0 Å². The van der Waals surface area contributed by atoms with E-state index in [1.807, 2.05) is 25.2 Å². The number of benzene rings is 1. The zero-order chi connectivity index (χ0) is 14.7. The lowest BCUT2D eigenvalue weighted by Crippen LogP contribution is -2.32. The molecule has 0 amide bonds. The van der Waals surface area contributed by atoms with Crippen molar-refractivity contribution in [3.63, 3.8) is 0 Å². The van der Waals surface area contributed by atoms with E-state index in [2.05, 4.69) is 45.3 Å². The lowest BCUT2D eigenvalue weighted by atomic mass is 10.1. The van der Waals surface area contributed by atoms with E-state index in [1.165, 1.54) is 4.88 Å². The molecule has 0 saturated heterocycles. The molecule has 3 N–H and O–H groups in total. The first kappa shape index (κ1) is 15.1. The van der Waals surface area contributed by atoms with Gasteiger partial charge in [-0.2, -0.15) is 0 Å². The summed E-state index contributed by atoms with van der Waals surface area (Å²) in [6, 6.07) is 10.5. The number of nitrogens with zero attached hydrogens (tertiary/aromatic N) is 1. The molecule has 0 aliphatic carbocycles. The normalized spacial score (nSPS) is 12.2. The molecular formula is C15H18BrN3S. The maximum Gasteiger partial charge on any atom is 0.124 e. The first-order valence-corrected chi connectivity index (χ1v) is 8.05. The summed E-state index contributed by atoms with van der Waals surface area (Å²) in [7, 11) is 2.05. The molecule has 1 unspecified atom stereocenters. The number of nitrogens with two attached hydrogens (primary N) is 1. The van der Waals surface area contributed by atoms with Crippen LogP contribution in [0.25, 0.3) is 0 Å². The van der Waals surface area contributed by atoms with E-state index in [0.29, 0.717) is 6.04 Å². The molecule has 2 rings (SSSR count). The molecule has 1 aromatic carbocycles. The molecule has 0 bridgehead atoms. The minimum atomic E-state index is 0.0940. The number of likely N-dealkylation sites (N-methyl/N-ethyl adjacent to an activating group) is 1. The van der Waals surface area contributed by atoms with Crippen LogP contribution in [0.15, 0.2) is 40.2 Å². The second-order valence-electron chi connectivity index (χ2n) is 4.82. The van der Waals surface area contributed by atoms with Crippen LogP contribution in [0.5, 0.6) is 0 Å². The highest BCUT2D eigenvalue weighted by atomic mass is 79.9. The summed E-state index contributed by atoms with van der Waals surface area (Å²) in [5.41, 5.74) is 7.45. The van der Waals surface area contributed by atoms with Crippen molar-refractivity contribution in [2.75, 3.05) is 11.9 Å². The average Bonchev–Trinajstić information content (AvgIpc) is 2.90. The van der Waals surface area contributed by atoms with Crippen molar-refractivity contribution in [1.29, 1.82) is 5.41 Å². The van der Waals surface area contributed by atoms with Crippen molar-refractivity contribution in [3.8, 4) is 0 Å². The summed E-state index contributed by atoms with van der Waals surface area (Å²) in [6.07, 6.45) is 0.988. The lowest BCUT2D eigenvalue weighted by Gasteiger charge is -2.28. The number of hydrogen-bond donors (Lipinski definition) is 2. The van der Waals surface area contributed by atoms with Crippen molar-refractivity contribution in [2.45, 2.75) is 19.4 Å². The molecule has 5 heteroatoms. The number of halogens is 1. The Balaban J connectivity index is 2.24. The van der Waals surface area contributed by atoms with E-state index in [-0.39, 0.29) is 5.84 Å². The number of nitrogen functional groups attached to an aromatic ring is 1. The topological polar surface area (TPSA) is 53.1 Å². The standard InChI is InChI=1S/C15H18BrN3S/c1-10(8-12-4-3-7-20-12)19(2)14-6-5-11(16)9-13(14)15(17)18/h3-7,9-10H,8H2,1-2H3,(H3,17,18). The van der Waals surface area contributed by atoms with Crippen LogP contribution >= 0.6 is 27.3 Å². The summed E-state index contributed by atoms with van der Waals surface area (Å²) < 4.78 is 0.936. The Morgan fingerprint density at radius 1 is 1.45 bits per heavy atom. The van der Waals surface area contributed by atoms with E-state index < -0.39 is 0 Å². The van der Waals surface area contributed by atoms with E-state index >= 15 is 0 Å². The van der Waals surface area contributed by atoms with Crippen LogP contribution in [0.1, 0.15) is 17.4 Å². The van der Waals surface area contributed by atoms with Crippen molar-refractivity contribution in [2.24, 2.45) is 5.73 Å². The van der Waals surface area contributed by atoms with Crippen LogP contribution in [0.2, 0.25) is 0 Å². The highest BCUT2D eigenvalue weighted by molar-refractivity contribution is 9.10. The smallest absolute Gasteiger partial charge is 0.124 e. The summed E-state index contributed by atoms with van der Waals surface area (Å²) in [6.45, 7) is 2.19. The highest BCUT2D eigenvalue weighted by Gasteiger charge is 2.16. The summed E-state index contributed by atoms with van der Waals surface area (Å²) in [5, 5.41) is 9.84. The number of anilines is 1. The Kier molecular flexibility index (Phi) is 4.83. The van der Waals surface area contributed by atoms with Gasteiger partial charge in [-0.3, -0.25) is 5.41 Å². The second-order valence-corrected chi connectivity index (χ2v) is 6.77. The molecule has 1 heterocycles. The Bertz CT molecular complexity index is 595. The predicted octanol–water partition coefficient (Wildman–Crippen LogP) is 3.86. The van der Waals surface area contributed by atoms with Gasteiger partial charge in [-0.15, -0.1) is 11.3 Å². The van der Waals surface area contributed by atoms with Crippen molar-refractivity contribution in [3.05, 3.63) is 50.6 Å². The molecule has 0 radical (unpaired) electrons. The molecule has 3 nitrogen and oxygen atoms in total. The Morgan fingerprint density at radius 3 is 2.80 bits per heavy atom. The Morgan fingerprint density at radius 2 is 2.20 bits per heavy atom. The molecule has 106 valence electrons. The highest BCUT2D eigenvalue weighted by Crippen LogP contribution is 2.26. The van der Waals surface area contributed by atoms with Crippen LogP contribution in [0.4, 0.5) is 5.69 Å². The number of amidine groups is 1. The maximum atomic E-state index is 7.74. The van der Waals surface area contributed by atoms with Crippen LogP contribution in [0, 0.1) is 5.41 Å². The second kappa shape index (κ2) is 6.41. The van der Waals surface area contributed by atoms with Gasteiger partial charge in [0.1, 0.15) is 5.84 Å². The maximum absolute atomic E-state index is 7.74. The van der Waals surface area contributed by atoms with Crippen LogP contribution in [-0.4, -0.2) is 18.9 Å². The number of thiophene rings is 1. The SMILES string of the molecule is CC(Cc1cccs1)N(C)c1ccc(Br)cc1C(=N)N. The van der Waals surface area contributed by atoms with Gasteiger partial charge in [0.15, 0.2) is 0 Å². The van der Waals surface area contributed by atoms with Crippen LogP contribution < -0.4 is 10.6 Å². The first-order valence-electron chi connectivity index (χ1n) is 6.38. The van der Waals surface area contributed by atoms with E-state index in [9.17, 15) is 0 Å². The lowest BCUT2D eigenvalue weighted by molar-refractivity contribution is 0.688. The van der Waals surface area contributed by atoms with E-state index in [1.54, 1.807) is 11.3 Å². The van der Waals surface area contributed by atoms with Gasteiger partial charge >= 0.3 is 0 Å². The third-order valence-electron chi connectivity index (χ3n) is 3.37. The van der Waals surface area contributed by atoms with Gasteiger partial charge in [0.05, 0.1) is 0 Å². The zero-order valence-electron chi connectivity index (χ0n) is 11.6. The van der Waals surface area contributed by atoms with Gasteiger partial charge in [-0.05, 0) is 36.6 Å². The molecule has 0 saturated carbocycles. The monoisotopic (exact) mass is 351 g/mol. The minimum Gasteiger partial charge on any atom is -0.384 e. The van der Waals surface area contributed by atoms with Crippen molar-refractivity contribution in [1.82, 2.24) is 0 Å². The fourth-order valence-corrected chi connectivity index (χ4v) is 3.31. The fraction of sp³-hybridized carbons (Fsp3) is 0.267. The van der Waals surface area contributed by atoms with E-state index in [4.69, 9.17) is 11.1 Å². The molecule has 0 aliphatic rings. The first-order chi connectivity index (χ1) is 9.49. The Hall–Kier alpha value is -1.33. The molecule has 20 heavy (non-hydrogen) atoms.